The highest BCUT2D eigenvalue weighted by atomic mass is 16.4. The molecule has 38 heavy (non-hydrogen) atoms. The molecule has 0 aliphatic heterocycles. The van der Waals surface area contributed by atoms with Gasteiger partial charge in [-0.2, -0.15) is 0 Å². The lowest BCUT2D eigenvalue weighted by Gasteiger charge is -2.27. The van der Waals surface area contributed by atoms with Gasteiger partial charge in [0.05, 0.1) is 18.6 Å². The zero-order chi connectivity index (χ0) is 28.6. The van der Waals surface area contributed by atoms with Crippen molar-refractivity contribution in [2.24, 2.45) is 11.7 Å². The number of carbonyl (C=O) groups excluding carboxylic acids is 3. The van der Waals surface area contributed by atoms with Crippen LogP contribution in [-0.4, -0.2) is 80.2 Å². The summed E-state index contributed by atoms with van der Waals surface area (Å²) in [4.78, 5) is 64.1. The fraction of sp³-hybridized carbons (Fsp3) is 0.480. The van der Waals surface area contributed by atoms with E-state index in [0.717, 1.165) is 10.9 Å². The molecule has 2 rings (SSSR count). The van der Waals surface area contributed by atoms with Crippen LogP contribution in [0.1, 0.15) is 39.2 Å². The highest BCUT2D eigenvalue weighted by Gasteiger charge is 2.33. The molecule has 1 aromatic carbocycles. The number of carboxylic acids is 2. The van der Waals surface area contributed by atoms with Gasteiger partial charge in [0.2, 0.25) is 17.7 Å². The quantitative estimate of drug-likeness (QED) is 0.156. The maximum absolute atomic E-state index is 13.1. The van der Waals surface area contributed by atoms with Crippen LogP contribution in [0, 0.1) is 5.92 Å². The van der Waals surface area contributed by atoms with E-state index in [9.17, 15) is 34.2 Å². The minimum atomic E-state index is -1.54. The summed E-state index contributed by atoms with van der Waals surface area (Å²) in [5, 5.41) is 36.6. The molecule has 1 heterocycles. The third-order valence-corrected chi connectivity index (χ3v) is 5.85. The minimum absolute atomic E-state index is 0.0126. The topological polar surface area (TPSA) is 224 Å². The zero-order valence-corrected chi connectivity index (χ0v) is 21.4. The van der Waals surface area contributed by atoms with Gasteiger partial charge in [-0.1, -0.05) is 32.0 Å². The second kappa shape index (κ2) is 13.5. The van der Waals surface area contributed by atoms with Crippen molar-refractivity contribution in [1.29, 1.82) is 0 Å². The molecule has 208 valence electrons. The summed E-state index contributed by atoms with van der Waals surface area (Å²) >= 11 is 0. The van der Waals surface area contributed by atoms with Crippen LogP contribution >= 0.6 is 0 Å². The van der Waals surface area contributed by atoms with E-state index < -0.39 is 66.4 Å². The molecule has 0 spiro atoms. The van der Waals surface area contributed by atoms with Gasteiger partial charge in [0, 0.05) is 23.5 Å². The molecule has 5 unspecified atom stereocenters. The monoisotopic (exact) mass is 533 g/mol. The predicted molar refractivity (Wildman–Crippen MR) is 137 cm³/mol. The number of fused-ring (bicyclic) bond motifs is 1. The molecular weight excluding hydrogens is 498 g/mol. The minimum Gasteiger partial charge on any atom is -0.481 e. The van der Waals surface area contributed by atoms with E-state index in [0.29, 0.717) is 5.56 Å². The lowest BCUT2D eigenvalue weighted by atomic mass is 10.0. The Labute approximate surface area is 219 Å². The first-order valence-electron chi connectivity index (χ1n) is 12.1. The number of benzene rings is 1. The molecule has 13 nitrogen and oxygen atoms in total. The van der Waals surface area contributed by atoms with Crippen LogP contribution in [0.3, 0.4) is 0 Å². The first-order valence-corrected chi connectivity index (χ1v) is 12.1. The summed E-state index contributed by atoms with van der Waals surface area (Å²) in [6.07, 6.45) is -0.305. The summed E-state index contributed by atoms with van der Waals surface area (Å²) < 4.78 is 0. The molecule has 2 aromatic rings. The van der Waals surface area contributed by atoms with Crippen molar-refractivity contribution < 1.29 is 39.3 Å². The maximum atomic E-state index is 13.1. The van der Waals surface area contributed by atoms with Crippen molar-refractivity contribution in [1.82, 2.24) is 20.9 Å². The van der Waals surface area contributed by atoms with E-state index in [1.54, 1.807) is 20.0 Å². The van der Waals surface area contributed by atoms with E-state index >= 15 is 0 Å². The standard InChI is InChI=1S/C25H35N5O8/c1-12(2)8-18(28-24(36)21(13(3)31)30-22(34)16(26)10-20(32)33)23(35)29-19(25(37)38)9-14-11-27-17-7-5-4-6-15(14)17/h4-7,11-13,16,18-19,21,27,31H,8-10,26H2,1-3H3,(H,28,36)(H,29,35)(H,30,34)(H,32,33)(H,37,38). The number of carbonyl (C=O) groups is 5. The maximum Gasteiger partial charge on any atom is 0.326 e. The molecule has 0 bridgehead atoms. The Morgan fingerprint density at radius 3 is 2.13 bits per heavy atom. The number of H-pyrrole nitrogens is 1. The van der Waals surface area contributed by atoms with Crippen LogP contribution < -0.4 is 21.7 Å². The third kappa shape index (κ3) is 8.56. The van der Waals surface area contributed by atoms with E-state index in [4.69, 9.17) is 10.8 Å². The SMILES string of the molecule is CC(C)CC(NC(=O)C(NC(=O)C(N)CC(=O)O)C(C)O)C(=O)NC(Cc1c[nH]c2ccccc12)C(=O)O. The molecule has 5 atom stereocenters. The summed E-state index contributed by atoms with van der Waals surface area (Å²) in [7, 11) is 0. The lowest BCUT2D eigenvalue weighted by molar-refractivity contribution is -0.142. The van der Waals surface area contributed by atoms with Gasteiger partial charge < -0.3 is 42.0 Å². The van der Waals surface area contributed by atoms with Crippen LogP contribution in [0.4, 0.5) is 0 Å². The van der Waals surface area contributed by atoms with Crippen molar-refractivity contribution in [3.63, 3.8) is 0 Å². The zero-order valence-electron chi connectivity index (χ0n) is 21.4. The number of nitrogens with two attached hydrogens (primary N) is 1. The molecule has 3 amide bonds. The molecule has 0 aliphatic carbocycles. The average Bonchev–Trinajstić information content (AvgIpc) is 3.23. The van der Waals surface area contributed by atoms with Crippen LogP contribution in [0.25, 0.3) is 10.9 Å². The molecule has 13 heteroatoms. The fourth-order valence-corrected chi connectivity index (χ4v) is 3.90. The number of aliphatic hydroxyl groups is 1. The summed E-state index contributed by atoms with van der Waals surface area (Å²) in [6.45, 7) is 4.82. The Bertz CT molecular complexity index is 1160. The lowest BCUT2D eigenvalue weighted by Crippen LogP contribution is -2.60. The number of rotatable bonds is 14. The highest BCUT2D eigenvalue weighted by Crippen LogP contribution is 2.19. The first-order chi connectivity index (χ1) is 17.8. The van der Waals surface area contributed by atoms with Gasteiger partial charge in [0.25, 0.3) is 0 Å². The number of nitrogens with one attached hydrogen (secondary N) is 4. The van der Waals surface area contributed by atoms with Crippen molar-refractivity contribution in [3.8, 4) is 0 Å². The van der Waals surface area contributed by atoms with Gasteiger partial charge in [0.1, 0.15) is 18.1 Å². The average molecular weight is 534 g/mol. The second-order valence-corrected chi connectivity index (χ2v) is 9.58. The number of aliphatic hydroxyl groups excluding tert-OH is 1. The second-order valence-electron chi connectivity index (χ2n) is 9.58. The largest absolute Gasteiger partial charge is 0.481 e. The van der Waals surface area contributed by atoms with Gasteiger partial charge in [-0.05, 0) is 30.9 Å². The number of carboxylic acid groups (broad SMARTS) is 2. The van der Waals surface area contributed by atoms with Crippen molar-refractivity contribution in [2.75, 3.05) is 0 Å². The number of para-hydroxylation sites is 1. The fourth-order valence-electron chi connectivity index (χ4n) is 3.90. The summed E-state index contributed by atoms with van der Waals surface area (Å²) in [6, 6.07) is 1.84. The summed E-state index contributed by atoms with van der Waals surface area (Å²) in [5.74, 6) is -5.31. The molecule has 0 saturated heterocycles. The number of hydrogen-bond donors (Lipinski definition) is 8. The van der Waals surface area contributed by atoms with Gasteiger partial charge in [0.15, 0.2) is 0 Å². The van der Waals surface area contributed by atoms with Crippen LogP contribution in [0.15, 0.2) is 30.5 Å². The van der Waals surface area contributed by atoms with Crippen molar-refractivity contribution >= 4 is 40.6 Å². The van der Waals surface area contributed by atoms with Crippen LogP contribution in [0.5, 0.6) is 0 Å². The van der Waals surface area contributed by atoms with Gasteiger partial charge in [-0.25, -0.2) is 4.79 Å². The van der Waals surface area contributed by atoms with E-state index in [1.165, 1.54) is 6.92 Å². The highest BCUT2D eigenvalue weighted by molar-refractivity contribution is 5.95. The number of aliphatic carboxylic acids is 2. The van der Waals surface area contributed by atoms with Gasteiger partial charge in [-0.15, -0.1) is 0 Å². The van der Waals surface area contributed by atoms with E-state index in [2.05, 4.69) is 20.9 Å². The smallest absolute Gasteiger partial charge is 0.326 e. The van der Waals surface area contributed by atoms with Crippen LogP contribution in [-0.2, 0) is 30.4 Å². The Hall–Kier alpha value is -3.97. The normalized spacial score (nSPS) is 15.2. The molecule has 1 aromatic heterocycles. The Morgan fingerprint density at radius 2 is 1.55 bits per heavy atom. The number of hydrogen-bond acceptors (Lipinski definition) is 7. The van der Waals surface area contributed by atoms with Crippen molar-refractivity contribution in [3.05, 3.63) is 36.0 Å². The summed E-state index contributed by atoms with van der Waals surface area (Å²) in [5.41, 5.74) is 7.03. The van der Waals surface area contributed by atoms with E-state index in [-0.39, 0.29) is 18.8 Å². The molecule has 0 saturated carbocycles. The number of aromatic amines is 1. The number of aromatic nitrogens is 1. The first kappa shape index (κ1) is 30.3. The molecule has 0 radical (unpaired) electrons. The third-order valence-electron chi connectivity index (χ3n) is 5.85. The Balaban J connectivity index is 2.16. The molecule has 0 fully saturated rings. The van der Waals surface area contributed by atoms with Crippen molar-refractivity contribution in [2.45, 2.75) is 70.3 Å². The number of amides is 3. The molecular formula is C25H35N5O8. The predicted octanol–water partition coefficient (Wildman–Crippen LogP) is -0.522. The molecule has 9 N–H and O–H groups in total. The van der Waals surface area contributed by atoms with Crippen LogP contribution in [0.2, 0.25) is 0 Å². The molecule has 0 aliphatic rings. The Kier molecular flexibility index (Phi) is 10.8. The Morgan fingerprint density at radius 1 is 0.921 bits per heavy atom. The van der Waals surface area contributed by atoms with Gasteiger partial charge >= 0.3 is 11.9 Å². The van der Waals surface area contributed by atoms with E-state index in [1.807, 2.05) is 24.3 Å². The van der Waals surface area contributed by atoms with Gasteiger partial charge in [-0.3, -0.25) is 19.2 Å².